The van der Waals surface area contributed by atoms with Crippen LogP contribution in [-0.2, 0) is 16.1 Å². The highest BCUT2D eigenvalue weighted by Crippen LogP contribution is 2.34. The monoisotopic (exact) mass is 411 g/mol. The maximum absolute atomic E-state index is 12.6. The van der Waals surface area contributed by atoms with Gasteiger partial charge in [0.15, 0.2) is 11.5 Å². The highest BCUT2D eigenvalue weighted by Gasteiger charge is 2.35. The second kappa shape index (κ2) is 10.1. The van der Waals surface area contributed by atoms with E-state index in [0.29, 0.717) is 30.3 Å². The van der Waals surface area contributed by atoms with E-state index >= 15 is 0 Å². The van der Waals surface area contributed by atoms with E-state index in [4.69, 9.17) is 9.47 Å². The van der Waals surface area contributed by atoms with E-state index in [9.17, 15) is 9.59 Å². The van der Waals surface area contributed by atoms with Crippen LogP contribution in [0.25, 0.3) is 0 Å². The molecule has 1 aliphatic rings. The van der Waals surface area contributed by atoms with Crippen LogP contribution < -0.4 is 19.7 Å². The van der Waals surface area contributed by atoms with E-state index in [1.807, 2.05) is 25.2 Å². The summed E-state index contributed by atoms with van der Waals surface area (Å²) < 4.78 is 10.6. The summed E-state index contributed by atoms with van der Waals surface area (Å²) in [5.41, 5.74) is 1.94. The van der Waals surface area contributed by atoms with Crippen molar-refractivity contribution in [2.75, 3.05) is 45.8 Å². The predicted octanol–water partition coefficient (Wildman–Crippen LogP) is 2.30. The van der Waals surface area contributed by atoms with Crippen LogP contribution in [0.15, 0.2) is 48.5 Å². The Balaban J connectivity index is 1.50. The van der Waals surface area contributed by atoms with E-state index < -0.39 is 0 Å². The zero-order valence-corrected chi connectivity index (χ0v) is 17.8. The van der Waals surface area contributed by atoms with E-state index in [2.05, 4.69) is 22.3 Å². The molecule has 0 radical (unpaired) electrons. The fraction of sp³-hybridized carbons (Fsp3) is 0.391. The fourth-order valence-corrected chi connectivity index (χ4v) is 3.61. The van der Waals surface area contributed by atoms with Crippen molar-refractivity contribution in [3.8, 4) is 11.5 Å². The molecule has 2 aromatic carbocycles. The summed E-state index contributed by atoms with van der Waals surface area (Å²) in [6.07, 6.45) is 0.208. The number of benzene rings is 2. The molecule has 7 heteroatoms. The van der Waals surface area contributed by atoms with Gasteiger partial charge in [-0.2, -0.15) is 0 Å². The van der Waals surface area contributed by atoms with Gasteiger partial charge in [-0.15, -0.1) is 0 Å². The number of ether oxygens (including phenoxy) is 2. The van der Waals surface area contributed by atoms with Crippen molar-refractivity contribution >= 4 is 17.5 Å². The summed E-state index contributed by atoms with van der Waals surface area (Å²) in [6.45, 7) is 2.47. The molecule has 1 unspecified atom stereocenters. The van der Waals surface area contributed by atoms with Gasteiger partial charge in [-0.05, 0) is 24.7 Å². The van der Waals surface area contributed by atoms with Crippen LogP contribution in [0.3, 0.4) is 0 Å². The molecule has 0 saturated carbocycles. The van der Waals surface area contributed by atoms with Crippen molar-refractivity contribution < 1.29 is 19.1 Å². The lowest BCUT2D eigenvalue weighted by Crippen LogP contribution is -2.37. The number of hydrogen-bond acceptors (Lipinski definition) is 5. The molecule has 30 heavy (non-hydrogen) atoms. The standard InChI is InChI=1S/C23H29N3O4/c1-25(15-17-7-5-4-6-8-17)12-11-24-23(28)18-13-22(27)26(16-18)19-9-10-20(29-2)21(14-19)30-3/h4-10,14,18H,11-13,15-16H2,1-3H3,(H,24,28). The number of nitrogens with zero attached hydrogens (tertiary/aromatic N) is 2. The molecule has 0 aromatic heterocycles. The number of anilines is 1. The Labute approximate surface area is 177 Å². The summed E-state index contributed by atoms with van der Waals surface area (Å²) in [5.74, 6) is 0.645. The number of carbonyl (C=O) groups excluding carboxylic acids is 2. The second-order valence-electron chi connectivity index (χ2n) is 7.46. The molecule has 3 rings (SSSR count). The van der Waals surface area contributed by atoms with Gasteiger partial charge in [0.25, 0.3) is 0 Å². The van der Waals surface area contributed by atoms with E-state index in [-0.39, 0.29) is 24.2 Å². The highest BCUT2D eigenvalue weighted by molar-refractivity contribution is 6.00. The van der Waals surface area contributed by atoms with Crippen LogP contribution in [0.4, 0.5) is 5.69 Å². The van der Waals surface area contributed by atoms with Gasteiger partial charge < -0.3 is 24.6 Å². The second-order valence-corrected chi connectivity index (χ2v) is 7.46. The molecule has 0 bridgehead atoms. The molecule has 1 atom stereocenters. The molecule has 2 amide bonds. The molecule has 2 aromatic rings. The Morgan fingerprint density at radius 1 is 1.13 bits per heavy atom. The Morgan fingerprint density at radius 2 is 1.87 bits per heavy atom. The fourth-order valence-electron chi connectivity index (χ4n) is 3.61. The highest BCUT2D eigenvalue weighted by atomic mass is 16.5. The Morgan fingerprint density at radius 3 is 2.57 bits per heavy atom. The minimum absolute atomic E-state index is 0.0661. The Hall–Kier alpha value is -3.06. The molecular weight excluding hydrogens is 382 g/mol. The Bertz CT molecular complexity index is 872. The number of nitrogens with one attached hydrogen (secondary N) is 1. The van der Waals surface area contributed by atoms with Crippen LogP contribution in [-0.4, -0.2) is 57.6 Å². The smallest absolute Gasteiger partial charge is 0.227 e. The van der Waals surface area contributed by atoms with Crippen molar-refractivity contribution in [2.45, 2.75) is 13.0 Å². The predicted molar refractivity (Wildman–Crippen MR) is 116 cm³/mol. The molecule has 1 saturated heterocycles. The van der Waals surface area contributed by atoms with Gasteiger partial charge in [0.05, 0.1) is 20.1 Å². The number of carbonyl (C=O) groups is 2. The molecular formula is C23H29N3O4. The summed E-state index contributed by atoms with van der Waals surface area (Å²) in [4.78, 5) is 28.9. The third-order valence-electron chi connectivity index (χ3n) is 5.26. The van der Waals surface area contributed by atoms with Crippen molar-refractivity contribution in [2.24, 2.45) is 5.92 Å². The molecule has 1 heterocycles. The lowest BCUT2D eigenvalue weighted by atomic mass is 10.1. The topological polar surface area (TPSA) is 71.1 Å². The number of rotatable bonds is 9. The summed E-state index contributed by atoms with van der Waals surface area (Å²) in [7, 11) is 5.14. The average Bonchev–Trinajstić information content (AvgIpc) is 3.15. The molecule has 160 valence electrons. The lowest BCUT2D eigenvalue weighted by molar-refractivity contribution is -0.126. The first-order valence-electron chi connectivity index (χ1n) is 10.0. The minimum Gasteiger partial charge on any atom is -0.493 e. The number of likely N-dealkylation sites (N-methyl/N-ethyl adjacent to an activating group) is 1. The first-order valence-corrected chi connectivity index (χ1v) is 10.0. The number of amides is 2. The van der Waals surface area contributed by atoms with Gasteiger partial charge in [-0.3, -0.25) is 9.59 Å². The molecule has 1 aliphatic heterocycles. The third kappa shape index (κ3) is 5.30. The number of methoxy groups -OCH3 is 2. The van der Waals surface area contributed by atoms with E-state index in [1.165, 1.54) is 5.56 Å². The normalized spacial score (nSPS) is 16.1. The van der Waals surface area contributed by atoms with Gasteiger partial charge in [-0.1, -0.05) is 30.3 Å². The van der Waals surface area contributed by atoms with Crippen molar-refractivity contribution in [1.29, 1.82) is 0 Å². The molecule has 0 spiro atoms. The minimum atomic E-state index is -0.356. The third-order valence-corrected chi connectivity index (χ3v) is 5.26. The van der Waals surface area contributed by atoms with Gasteiger partial charge in [-0.25, -0.2) is 0 Å². The zero-order chi connectivity index (χ0) is 21.5. The maximum atomic E-state index is 12.6. The van der Waals surface area contributed by atoms with Crippen molar-refractivity contribution in [3.63, 3.8) is 0 Å². The van der Waals surface area contributed by atoms with Crippen LogP contribution in [0, 0.1) is 5.92 Å². The molecule has 0 aliphatic carbocycles. The molecule has 1 fully saturated rings. The lowest BCUT2D eigenvalue weighted by Gasteiger charge is -2.19. The average molecular weight is 412 g/mol. The quantitative estimate of drug-likeness (QED) is 0.686. The first-order chi connectivity index (χ1) is 14.5. The number of hydrogen-bond donors (Lipinski definition) is 1. The summed E-state index contributed by atoms with van der Waals surface area (Å²) in [5, 5.41) is 2.97. The molecule has 7 nitrogen and oxygen atoms in total. The molecule has 1 N–H and O–H groups in total. The van der Waals surface area contributed by atoms with Gasteiger partial charge in [0.1, 0.15) is 0 Å². The van der Waals surface area contributed by atoms with Gasteiger partial charge in [0, 0.05) is 44.4 Å². The maximum Gasteiger partial charge on any atom is 0.227 e. The largest absolute Gasteiger partial charge is 0.493 e. The van der Waals surface area contributed by atoms with Crippen LogP contribution in [0.2, 0.25) is 0 Å². The zero-order valence-electron chi connectivity index (χ0n) is 17.8. The van der Waals surface area contributed by atoms with Crippen molar-refractivity contribution in [3.05, 3.63) is 54.1 Å². The van der Waals surface area contributed by atoms with E-state index in [0.717, 1.165) is 13.1 Å². The summed E-state index contributed by atoms with van der Waals surface area (Å²) in [6, 6.07) is 15.5. The summed E-state index contributed by atoms with van der Waals surface area (Å²) >= 11 is 0. The first kappa shape index (κ1) is 21.6. The van der Waals surface area contributed by atoms with Crippen molar-refractivity contribution in [1.82, 2.24) is 10.2 Å². The SMILES string of the molecule is COc1ccc(N2CC(C(=O)NCCN(C)Cc3ccccc3)CC2=O)cc1OC. The van der Waals surface area contributed by atoms with Crippen LogP contribution in [0.1, 0.15) is 12.0 Å². The van der Waals surface area contributed by atoms with Gasteiger partial charge in [0.2, 0.25) is 11.8 Å². The van der Waals surface area contributed by atoms with Gasteiger partial charge >= 0.3 is 0 Å². The van der Waals surface area contributed by atoms with Crippen LogP contribution >= 0.6 is 0 Å². The van der Waals surface area contributed by atoms with Crippen LogP contribution in [0.5, 0.6) is 11.5 Å². The van der Waals surface area contributed by atoms with E-state index in [1.54, 1.807) is 37.3 Å². The Kier molecular flexibility index (Phi) is 7.30.